The lowest BCUT2D eigenvalue weighted by atomic mass is 10.1. The number of methoxy groups -OCH3 is 2. The highest BCUT2D eigenvalue weighted by Gasteiger charge is 2.32. The van der Waals surface area contributed by atoms with E-state index in [1.54, 1.807) is 12.1 Å². The van der Waals surface area contributed by atoms with Crippen LogP contribution in [0.1, 0.15) is 11.3 Å². The van der Waals surface area contributed by atoms with Crippen LogP contribution in [0.3, 0.4) is 0 Å². The zero-order valence-electron chi connectivity index (χ0n) is 13.4. The molecule has 2 aromatic rings. The summed E-state index contributed by atoms with van der Waals surface area (Å²) >= 11 is 0. The van der Waals surface area contributed by atoms with E-state index >= 15 is 0 Å². The fourth-order valence-electron chi connectivity index (χ4n) is 2.69. The van der Waals surface area contributed by atoms with E-state index in [9.17, 15) is 8.42 Å². The van der Waals surface area contributed by atoms with Gasteiger partial charge in [0.2, 0.25) is 10.0 Å². The highest BCUT2D eigenvalue weighted by Crippen LogP contribution is 2.33. The smallest absolute Gasteiger partial charge is 0.247 e. The van der Waals surface area contributed by atoms with Crippen molar-refractivity contribution in [3.05, 3.63) is 35.8 Å². The number of nitrogens with zero attached hydrogens (tertiary/aromatic N) is 3. The number of anilines is 1. The standard InChI is InChI=1S/C15H18N4O4S/c1-22-10-3-4-13(23-2)14(7-10)24(20,21)19-6-5-11-12(8-19)17-9-18-15(11)16/h3-4,7,9H,5-6,8H2,1-2H3,(H2,16,17,18). The molecular formula is C15H18N4O4S. The molecule has 2 heterocycles. The van der Waals surface area contributed by atoms with Crippen LogP contribution in [0.15, 0.2) is 29.4 Å². The monoisotopic (exact) mass is 350 g/mol. The summed E-state index contributed by atoms with van der Waals surface area (Å²) in [6.07, 6.45) is 1.81. The molecule has 3 rings (SSSR count). The summed E-state index contributed by atoms with van der Waals surface area (Å²) in [5.74, 6) is 1.11. The predicted molar refractivity (Wildman–Crippen MR) is 87.3 cm³/mol. The van der Waals surface area contributed by atoms with Crippen LogP contribution < -0.4 is 15.2 Å². The number of benzene rings is 1. The third-order valence-corrected chi connectivity index (χ3v) is 5.86. The van der Waals surface area contributed by atoms with Crippen LogP contribution in [0, 0.1) is 0 Å². The number of hydrogen-bond donors (Lipinski definition) is 1. The molecular weight excluding hydrogens is 332 g/mol. The summed E-state index contributed by atoms with van der Waals surface area (Å²) in [6.45, 7) is 0.442. The molecule has 0 spiro atoms. The molecule has 24 heavy (non-hydrogen) atoms. The summed E-state index contributed by atoms with van der Waals surface area (Å²) in [5.41, 5.74) is 7.27. The first kappa shape index (κ1) is 16.5. The predicted octanol–water partition coefficient (Wildman–Crippen LogP) is 0.823. The van der Waals surface area contributed by atoms with Crippen LogP contribution in [-0.2, 0) is 23.0 Å². The first-order valence-corrected chi connectivity index (χ1v) is 8.71. The summed E-state index contributed by atoms with van der Waals surface area (Å²) in [5, 5.41) is 0. The molecule has 1 aromatic heterocycles. The quantitative estimate of drug-likeness (QED) is 0.870. The molecule has 0 saturated carbocycles. The van der Waals surface area contributed by atoms with Gasteiger partial charge in [0.25, 0.3) is 0 Å². The van der Waals surface area contributed by atoms with E-state index in [-0.39, 0.29) is 17.2 Å². The van der Waals surface area contributed by atoms with Gasteiger partial charge in [-0.05, 0) is 18.6 Å². The van der Waals surface area contributed by atoms with Gasteiger partial charge >= 0.3 is 0 Å². The maximum Gasteiger partial charge on any atom is 0.247 e. The molecule has 0 amide bonds. The van der Waals surface area contributed by atoms with E-state index in [4.69, 9.17) is 15.2 Å². The largest absolute Gasteiger partial charge is 0.497 e. The minimum Gasteiger partial charge on any atom is -0.497 e. The summed E-state index contributed by atoms with van der Waals surface area (Å²) < 4.78 is 37.8. The summed E-state index contributed by atoms with van der Waals surface area (Å²) in [4.78, 5) is 8.18. The SMILES string of the molecule is COc1ccc(OC)c(S(=O)(=O)N2CCc3c(N)ncnc3C2)c1. The fraction of sp³-hybridized carbons (Fsp3) is 0.333. The van der Waals surface area contributed by atoms with Gasteiger partial charge in [0.05, 0.1) is 26.5 Å². The molecule has 0 saturated heterocycles. The molecule has 0 bridgehead atoms. The van der Waals surface area contributed by atoms with E-state index in [0.29, 0.717) is 30.2 Å². The Kier molecular flexibility index (Phi) is 4.29. The lowest BCUT2D eigenvalue weighted by Crippen LogP contribution is -2.37. The molecule has 0 radical (unpaired) electrons. The first-order chi connectivity index (χ1) is 11.5. The van der Waals surface area contributed by atoms with Gasteiger partial charge in [0.1, 0.15) is 28.5 Å². The number of sulfonamides is 1. The average molecular weight is 350 g/mol. The molecule has 1 aliphatic rings. The highest BCUT2D eigenvalue weighted by atomic mass is 32.2. The zero-order valence-corrected chi connectivity index (χ0v) is 14.2. The number of aromatic nitrogens is 2. The third kappa shape index (κ3) is 2.76. The second-order valence-electron chi connectivity index (χ2n) is 5.29. The second kappa shape index (κ2) is 6.25. The van der Waals surface area contributed by atoms with Crippen molar-refractivity contribution >= 4 is 15.8 Å². The van der Waals surface area contributed by atoms with Gasteiger partial charge < -0.3 is 15.2 Å². The van der Waals surface area contributed by atoms with Crippen molar-refractivity contribution in [3.8, 4) is 11.5 Å². The van der Waals surface area contributed by atoms with E-state index < -0.39 is 10.0 Å². The van der Waals surface area contributed by atoms with Gasteiger partial charge in [-0.2, -0.15) is 4.31 Å². The van der Waals surface area contributed by atoms with Crippen molar-refractivity contribution in [2.45, 2.75) is 17.9 Å². The zero-order chi connectivity index (χ0) is 17.3. The van der Waals surface area contributed by atoms with Crippen LogP contribution in [0.2, 0.25) is 0 Å². The van der Waals surface area contributed by atoms with Crippen molar-refractivity contribution in [2.24, 2.45) is 0 Å². The van der Waals surface area contributed by atoms with Crippen molar-refractivity contribution in [1.29, 1.82) is 0 Å². The lowest BCUT2D eigenvalue weighted by molar-refractivity contribution is 0.370. The van der Waals surface area contributed by atoms with Crippen molar-refractivity contribution in [3.63, 3.8) is 0 Å². The Hall–Kier alpha value is -2.39. The molecule has 0 aliphatic carbocycles. The van der Waals surface area contributed by atoms with Gasteiger partial charge in [0, 0.05) is 18.2 Å². The number of nitrogens with two attached hydrogens (primary N) is 1. The molecule has 9 heteroatoms. The third-order valence-electron chi connectivity index (χ3n) is 3.99. The molecule has 0 fully saturated rings. The van der Waals surface area contributed by atoms with Gasteiger partial charge in [-0.1, -0.05) is 0 Å². The van der Waals surface area contributed by atoms with Crippen molar-refractivity contribution in [1.82, 2.24) is 14.3 Å². The lowest BCUT2D eigenvalue weighted by Gasteiger charge is -2.28. The summed E-state index contributed by atoms with van der Waals surface area (Å²) in [6, 6.07) is 4.68. The Morgan fingerprint density at radius 2 is 2.00 bits per heavy atom. The minimum atomic E-state index is -3.77. The fourth-order valence-corrected chi connectivity index (χ4v) is 4.26. The minimum absolute atomic E-state index is 0.0647. The number of nitrogen functional groups attached to an aromatic ring is 1. The van der Waals surface area contributed by atoms with Gasteiger partial charge in [-0.3, -0.25) is 0 Å². The number of fused-ring (bicyclic) bond motifs is 1. The number of rotatable bonds is 4. The van der Waals surface area contributed by atoms with Gasteiger partial charge in [0.15, 0.2) is 0 Å². The Balaban J connectivity index is 2.00. The maximum atomic E-state index is 13.0. The molecule has 0 unspecified atom stereocenters. The topological polar surface area (TPSA) is 108 Å². The second-order valence-corrected chi connectivity index (χ2v) is 7.20. The number of ether oxygens (including phenoxy) is 2. The normalized spacial score (nSPS) is 14.9. The Morgan fingerprint density at radius 1 is 1.21 bits per heavy atom. The van der Waals surface area contributed by atoms with Gasteiger partial charge in [-0.25, -0.2) is 18.4 Å². The molecule has 128 valence electrons. The van der Waals surface area contributed by atoms with Crippen molar-refractivity contribution < 1.29 is 17.9 Å². The van der Waals surface area contributed by atoms with E-state index in [1.807, 2.05) is 0 Å². The maximum absolute atomic E-state index is 13.0. The van der Waals surface area contributed by atoms with Crippen LogP contribution >= 0.6 is 0 Å². The summed E-state index contributed by atoms with van der Waals surface area (Å²) in [7, 11) is -0.854. The van der Waals surface area contributed by atoms with Crippen LogP contribution in [0.5, 0.6) is 11.5 Å². The molecule has 1 aliphatic heterocycles. The average Bonchev–Trinajstić information content (AvgIpc) is 2.61. The Labute approximate surface area is 140 Å². The van der Waals surface area contributed by atoms with Crippen LogP contribution in [0.25, 0.3) is 0 Å². The highest BCUT2D eigenvalue weighted by molar-refractivity contribution is 7.89. The molecule has 0 atom stereocenters. The first-order valence-electron chi connectivity index (χ1n) is 7.27. The Bertz CT molecular complexity index is 870. The number of hydrogen-bond acceptors (Lipinski definition) is 7. The van der Waals surface area contributed by atoms with Crippen LogP contribution in [-0.4, -0.2) is 43.5 Å². The Morgan fingerprint density at radius 3 is 2.71 bits per heavy atom. The molecule has 8 nitrogen and oxygen atoms in total. The molecule has 1 aromatic carbocycles. The van der Waals surface area contributed by atoms with Crippen LogP contribution in [0.4, 0.5) is 5.82 Å². The molecule has 2 N–H and O–H groups in total. The van der Waals surface area contributed by atoms with E-state index in [1.165, 1.54) is 30.9 Å². The van der Waals surface area contributed by atoms with E-state index in [0.717, 1.165) is 5.56 Å². The van der Waals surface area contributed by atoms with E-state index in [2.05, 4.69) is 9.97 Å². The van der Waals surface area contributed by atoms with Crippen molar-refractivity contribution in [2.75, 3.05) is 26.5 Å². The van der Waals surface area contributed by atoms with Gasteiger partial charge in [-0.15, -0.1) is 0 Å².